The van der Waals surface area contributed by atoms with Crippen LogP contribution in [0.4, 0.5) is 0 Å². The van der Waals surface area contributed by atoms with Crippen LogP contribution in [0.25, 0.3) is 0 Å². The lowest BCUT2D eigenvalue weighted by Gasteiger charge is -2.20. The van der Waals surface area contributed by atoms with Crippen molar-refractivity contribution < 1.29 is 0 Å². The Hall–Kier alpha value is -0.410. The maximum absolute atomic E-state index is 4.33. The van der Waals surface area contributed by atoms with E-state index in [9.17, 15) is 0 Å². The average molecular weight is 425 g/mol. The van der Waals surface area contributed by atoms with E-state index in [0.29, 0.717) is 0 Å². The van der Waals surface area contributed by atoms with Crippen LogP contribution in [-0.2, 0) is 6.54 Å². The van der Waals surface area contributed by atoms with Gasteiger partial charge in [-0.2, -0.15) is 0 Å². The van der Waals surface area contributed by atoms with Crippen LogP contribution in [0.15, 0.2) is 11.2 Å². The summed E-state index contributed by atoms with van der Waals surface area (Å²) in [6, 6.07) is 0. The van der Waals surface area contributed by atoms with E-state index in [0.717, 1.165) is 43.7 Å². The molecule has 0 saturated heterocycles. The second kappa shape index (κ2) is 12.2. The molecule has 0 saturated carbocycles. The highest BCUT2D eigenvalue weighted by Gasteiger charge is 2.03. The Labute approximate surface area is 149 Å². The van der Waals surface area contributed by atoms with Crippen LogP contribution in [0.2, 0.25) is 0 Å². The fourth-order valence-corrected chi connectivity index (χ4v) is 2.67. The minimum atomic E-state index is 0. The van der Waals surface area contributed by atoms with E-state index in [1.807, 2.05) is 6.20 Å². The van der Waals surface area contributed by atoms with E-state index in [2.05, 4.69) is 46.3 Å². The minimum absolute atomic E-state index is 0. The molecule has 0 unspecified atom stereocenters. The lowest BCUT2D eigenvalue weighted by atomic mass is 10.4. The maximum atomic E-state index is 4.33. The number of halogens is 1. The van der Waals surface area contributed by atoms with Crippen molar-refractivity contribution in [3.63, 3.8) is 0 Å². The molecule has 1 aromatic rings. The second-order valence-electron chi connectivity index (χ2n) is 4.65. The molecule has 0 aliphatic rings. The highest BCUT2D eigenvalue weighted by atomic mass is 127. The molecule has 7 heteroatoms. The van der Waals surface area contributed by atoms with Crippen molar-refractivity contribution in [2.75, 3.05) is 33.2 Å². The third-order valence-corrected chi connectivity index (χ3v) is 3.92. The largest absolute Gasteiger partial charge is 0.355 e. The van der Waals surface area contributed by atoms with Gasteiger partial charge < -0.3 is 15.5 Å². The Morgan fingerprint density at radius 2 is 2.10 bits per heavy atom. The summed E-state index contributed by atoms with van der Waals surface area (Å²) in [6.45, 7) is 11.4. The molecule has 0 aliphatic heterocycles. The summed E-state index contributed by atoms with van der Waals surface area (Å²) >= 11 is 1.71. The van der Waals surface area contributed by atoms with E-state index >= 15 is 0 Å². The number of aromatic nitrogens is 1. The molecule has 21 heavy (non-hydrogen) atoms. The van der Waals surface area contributed by atoms with Crippen molar-refractivity contribution in [1.82, 2.24) is 20.5 Å². The highest BCUT2D eigenvalue weighted by molar-refractivity contribution is 14.0. The molecule has 5 nitrogen and oxygen atoms in total. The number of hydrogen-bond acceptors (Lipinski definition) is 4. The Morgan fingerprint density at radius 1 is 1.33 bits per heavy atom. The van der Waals surface area contributed by atoms with Crippen molar-refractivity contribution >= 4 is 41.3 Å². The van der Waals surface area contributed by atoms with E-state index in [1.165, 1.54) is 11.3 Å². The Bertz CT molecular complexity index is 408. The molecule has 0 atom stereocenters. The Balaban J connectivity index is 0.00000400. The molecule has 0 amide bonds. The van der Waals surface area contributed by atoms with Gasteiger partial charge in [-0.3, -0.25) is 4.99 Å². The summed E-state index contributed by atoms with van der Waals surface area (Å²) in [4.78, 5) is 12.2. The van der Waals surface area contributed by atoms with Crippen LogP contribution >= 0.6 is 35.3 Å². The van der Waals surface area contributed by atoms with Gasteiger partial charge in [0.25, 0.3) is 0 Å². The lowest BCUT2D eigenvalue weighted by molar-refractivity contribution is 0.293. The van der Waals surface area contributed by atoms with Crippen molar-refractivity contribution in [2.45, 2.75) is 33.7 Å². The molecule has 1 aromatic heterocycles. The quantitative estimate of drug-likeness (QED) is 0.382. The second-order valence-corrected chi connectivity index (χ2v) is 5.97. The van der Waals surface area contributed by atoms with Gasteiger partial charge in [-0.05, 0) is 26.4 Å². The van der Waals surface area contributed by atoms with Crippen LogP contribution in [0.5, 0.6) is 0 Å². The SMILES string of the molecule is CCCN(CC)CCNC(=NC)NCc1ncc(C)s1.I. The first-order chi connectivity index (χ1) is 9.69. The van der Waals surface area contributed by atoms with E-state index in [4.69, 9.17) is 0 Å². The molecule has 0 fully saturated rings. The molecule has 0 aliphatic carbocycles. The Morgan fingerprint density at radius 3 is 2.62 bits per heavy atom. The maximum Gasteiger partial charge on any atom is 0.191 e. The van der Waals surface area contributed by atoms with Gasteiger partial charge in [0.2, 0.25) is 0 Å². The zero-order chi connectivity index (χ0) is 14.8. The van der Waals surface area contributed by atoms with Crippen molar-refractivity contribution in [2.24, 2.45) is 4.99 Å². The number of likely N-dealkylation sites (N-methyl/N-ethyl adjacent to an activating group) is 1. The lowest BCUT2D eigenvalue weighted by Crippen LogP contribution is -2.41. The Kier molecular flexibility index (Phi) is 11.9. The number of guanidine groups is 1. The van der Waals surface area contributed by atoms with Gasteiger partial charge in [-0.25, -0.2) is 4.98 Å². The van der Waals surface area contributed by atoms with Crippen LogP contribution in [-0.4, -0.2) is 49.1 Å². The highest BCUT2D eigenvalue weighted by Crippen LogP contribution is 2.10. The monoisotopic (exact) mass is 425 g/mol. The summed E-state index contributed by atoms with van der Waals surface area (Å²) in [5, 5.41) is 7.72. The number of hydrogen-bond donors (Lipinski definition) is 2. The molecule has 1 rings (SSSR count). The summed E-state index contributed by atoms with van der Waals surface area (Å²) in [7, 11) is 1.80. The van der Waals surface area contributed by atoms with Crippen LogP contribution in [0, 0.1) is 6.92 Å². The number of thiazole rings is 1. The van der Waals surface area contributed by atoms with Gasteiger partial charge in [0.1, 0.15) is 5.01 Å². The minimum Gasteiger partial charge on any atom is -0.355 e. The van der Waals surface area contributed by atoms with Crippen molar-refractivity contribution in [3.8, 4) is 0 Å². The van der Waals surface area contributed by atoms with E-state index in [-0.39, 0.29) is 24.0 Å². The fourth-order valence-electron chi connectivity index (χ4n) is 1.94. The number of aryl methyl sites for hydroxylation is 1. The van der Waals surface area contributed by atoms with Gasteiger partial charge in [-0.1, -0.05) is 13.8 Å². The molecule has 2 N–H and O–H groups in total. The molecule has 1 heterocycles. The predicted molar refractivity (Wildman–Crippen MR) is 103 cm³/mol. The first kappa shape index (κ1) is 20.6. The van der Waals surface area contributed by atoms with Gasteiger partial charge in [0, 0.05) is 31.2 Å². The normalized spacial score (nSPS) is 11.4. The molecule has 0 aromatic carbocycles. The van der Waals surface area contributed by atoms with Gasteiger partial charge >= 0.3 is 0 Å². The number of nitrogens with zero attached hydrogens (tertiary/aromatic N) is 3. The van der Waals surface area contributed by atoms with Gasteiger partial charge in [0.15, 0.2) is 5.96 Å². The first-order valence-corrected chi connectivity index (χ1v) is 8.09. The fraction of sp³-hybridized carbons (Fsp3) is 0.714. The molecule has 122 valence electrons. The molecular weight excluding hydrogens is 397 g/mol. The third kappa shape index (κ3) is 8.57. The predicted octanol–water partition coefficient (Wildman–Crippen LogP) is 2.47. The van der Waals surface area contributed by atoms with E-state index in [1.54, 1.807) is 18.4 Å². The molecule has 0 bridgehead atoms. The van der Waals surface area contributed by atoms with E-state index < -0.39 is 0 Å². The number of nitrogens with one attached hydrogen (secondary N) is 2. The number of rotatable bonds is 8. The molecular formula is C14H28IN5S. The van der Waals surface area contributed by atoms with Gasteiger partial charge in [-0.15, -0.1) is 35.3 Å². The summed E-state index contributed by atoms with van der Waals surface area (Å²) in [5.74, 6) is 0.838. The smallest absolute Gasteiger partial charge is 0.191 e. The van der Waals surface area contributed by atoms with Crippen molar-refractivity contribution in [1.29, 1.82) is 0 Å². The first-order valence-electron chi connectivity index (χ1n) is 7.27. The van der Waals surface area contributed by atoms with Crippen molar-refractivity contribution in [3.05, 3.63) is 16.1 Å². The van der Waals surface area contributed by atoms with Crippen LogP contribution in [0.3, 0.4) is 0 Å². The van der Waals surface area contributed by atoms with Crippen LogP contribution in [0.1, 0.15) is 30.2 Å². The molecule has 0 radical (unpaired) electrons. The zero-order valence-corrected chi connectivity index (χ0v) is 16.6. The standard InChI is InChI=1S/C14H27N5S.HI/c1-5-8-19(6-2)9-7-16-14(15-4)18-11-13-17-10-12(3)20-13;/h10H,5-9,11H2,1-4H3,(H2,15,16,18);1H. The number of aliphatic imine (C=N–C) groups is 1. The summed E-state index contributed by atoms with van der Waals surface area (Å²) in [5.41, 5.74) is 0. The molecule has 0 spiro atoms. The average Bonchev–Trinajstić information content (AvgIpc) is 2.87. The topological polar surface area (TPSA) is 52.5 Å². The van der Waals surface area contributed by atoms with Gasteiger partial charge in [0.05, 0.1) is 6.54 Å². The summed E-state index contributed by atoms with van der Waals surface area (Å²) < 4.78 is 0. The third-order valence-electron chi connectivity index (χ3n) is 3.01. The summed E-state index contributed by atoms with van der Waals surface area (Å²) in [6.07, 6.45) is 3.10. The zero-order valence-electron chi connectivity index (χ0n) is 13.5. The van der Waals surface area contributed by atoms with Crippen LogP contribution < -0.4 is 10.6 Å².